The second kappa shape index (κ2) is 7.51. The Morgan fingerprint density at radius 1 is 1.27 bits per heavy atom. The van der Waals surface area contributed by atoms with Crippen LogP contribution in [0.25, 0.3) is 11.1 Å². The fourth-order valence-corrected chi connectivity index (χ4v) is 2.63. The average Bonchev–Trinajstić information content (AvgIpc) is 3.01. The number of fused-ring (bicyclic) bond motifs is 1. The van der Waals surface area contributed by atoms with Crippen molar-refractivity contribution in [3.05, 3.63) is 64.5 Å². The van der Waals surface area contributed by atoms with Crippen molar-refractivity contribution < 1.29 is 19.2 Å². The molecule has 3 aromatic rings. The number of aromatic nitrogens is 1. The third kappa shape index (κ3) is 3.98. The molecule has 1 aromatic heterocycles. The summed E-state index contributed by atoms with van der Waals surface area (Å²) in [7, 11) is 1.78. The van der Waals surface area contributed by atoms with Crippen molar-refractivity contribution in [1.82, 2.24) is 9.88 Å². The van der Waals surface area contributed by atoms with Gasteiger partial charge in [-0.1, -0.05) is 12.1 Å². The van der Waals surface area contributed by atoms with E-state index in [1.165, 1.54) is 24.3 Å². The van der Waals surface area contributed by atoms with Gasteiger partial charge in [-0.25, -0.2) is 4.98 Å². The molecule has 2 aromatic carbocycles. The number of aliphatic hydroxyl groups excluding tert-OH is 1. The average molecular weight is 357 g/mol. The highest BCUT2D eigenvalue weighted by molar-refractivity contribution is 5.72. The summed E-state index contributed by atoms with van der Waals surface area (Å²) in [6.45, 7) is 1.94. The quantitative estimate of drug-likeness (QED) is 0.394. The van der Waals surface area contributed by atoms with Gasteiger partial charge in [0.25, 0.3) is 5.69 Å². The van der Waals surface area contributed by atoms with Gasteiger partial charge in [0.2, 0.25) is 5.89 Å². The predicted molar refractivity (Wildman–Crippen MR) is 94.7 cm³/mol. The van der Waals surface area contributed by atoms with Crippen molar-refractivity contribution in [2.24, 2.45) is 0 Å². The van der Waals surface area contributed by atoms with E-state index in [1.54, 1.807) is 18.9 Å². The molecule has 0 saturated heterocycles. The van der Waals surface area contributed by atoms with E-state index in [-0.39, 0.29) is 5.69 Å². The van der Waals surface area contributed by atoms with Gasteiger partial charge in [-0.2, -0.15) is 0 Å². The van der Waals surface area contributed by atoms with E-state index in [0.717, 1.165) is 5.52 Å². The highest BCUT2D eigenvalue weighted by Gasteiger charge is 2.24. The number of para-hydroxylation sites is 2. The molecule has 0 fully saturated rings. The number of ether oxygens (including phenoxy) is 1. The Kier molecular flexibility index (Phi) is 5.15. The lowest BCUT2D eigenvalue weighted by Crippen LogP contribution is -2.44. The van der Waals surface area contributed by atoms with Gasteiger partial charge < -0.3 is 14.3 Å². The van der Waals surface area contributed by atoms with Crippen molar-refractivity contribution >= 4 is 16.8 Å². The lowest BCUT2D eigenvalue weighted by atomic mass is 10.3. The number of benzene rings is 2. The first-order chi connectivity index (χ1) is 12.4. The minimum atomic E-state index is -0.806. The van der Waals surface area contributed by atoms with Crippen LogP contribution in [-0.4, -0.2) is 39.3 Å². The number of nitro benzene ring substituents is 1. The lowest BCUT2D eigenvalue weighted by molar-refractivity contribution is -0.384. The van der Waals surface area contributed by atoms with E-state index in [0.29, 0.717) is 23.8 Å². The molecule has 26 heavy (non-hydrogen) atoms. The number of hydrogen-bond acceptors (Lipinski definition) is 7. The van der Waals surface area contributed by atoms with E-state index in [2.05, 4.69) is 4.98 Å². The van der Waals surface area contributed by atoms with Gasteiger partial charge in [-0.3, -0.25) is 15.0 Å². The van der Waals surface area contributed by atoms with Crippen molar-refractivity contribution in [1.29, 1.82) is 0 Å². The second-order valence-corrected chi connectivity index (χ2v) is 5.99. The van der Waals surface area contributed by atoms with Crippen molar-refractivity contribution in [3.8, 4) is 5.75 Å². The lowest BCUT2D eigenvalue weighted by Gasteiger charge is -2.29. The largest absolute Gasteiger partial charge is 0.472 e. The molecule has 0 aliphatic heterocycles. The summed E-state index contributed by atoms with van der Waals surface area (Å²) in [4.78, 5) is 16.4. The van der Waals surface area contributed by atoms with Gasteiger partial charge in [-0.15, -0.1) is 0 Å². The Labute approximate surface area is 149 Å². The monoisotopic (exact) mass is 357 g/mol. The molecule has 2 unspecified atom stereocenters. The van der Waals surface area contributed by atoms with Crippen LogP contribution in [0.15, 0.2) is 52.9 Å². The number of non-ortho nitro benzene ring substituents is 1. The SMILES string of the molecule is CC(O)C(Oc1ccc([N+](=O)[O-])cc1)N(C)Cc1nc2ccccc2o1. The Morgan fingerprint density at radius 3 is 2.58 bits per heavy atom. The molecule has 136 valence electrons. The normalized spacial score (nSPS) is 13.7. The van der Waals surface area contributed by atoms with E-state index < -0.39 is 17.3 Å². The maximum Gasteiger partial charge on any atom is 0.269 e. The smallest absolute Gasteiger partial charge is 0.269 e. The van der Waals surface area contributed by atoms with Crippen LogP contribution in [0.5, 0.6) is 5.75 Å². The number of aliphatic hydroxyl groups is 1. The highest BCUT2D eigenvalue weighted by Crippen LogP contribution is 2.21. The first-order valence-corrected chi connectivity index (χ1v) is 8.08. The third-order valence-corrected chi connectivity index (χ3v) is 3.87. The summed E-state index contributed by atoms with van der Waals surface area (Å²) in [5.74, 6) is 0.928. The van der Waals surface area contributed by atoms with Gasteiger partial charge in [-0.05, 0) is 38.2 Å². The van der Waals surface area contributed by atoms with Crippen LogP contribution in [0.2, 0.25) is 0 Å². The first kappa shape index (κ1) is 17.8. The first-order valence-electron chi connectivity index (χ1n) is 8.08. The molecule has 8 heteroatoms. The van der Waals surface area contributed by atoms with E-state index in [9.17, 15) is 15.2 Å². The zero-order chi connectivity index (χ0) is 18.7. The van der Waals surface area contributed by atoms with Crippen LogP contribution < -0.4 is 4.74 Å². The summed E-state index contributed by atoms with van der Waals surface area (Å²) in [6, 6.07) is 13.2. The summed E-state index contributed by atoms with van der Waals surface area (Å²) in [5.41, 5.74) is 1.44. The molecule has 0 radical (unpaired) electrons. The molecule has 0 amide bonds. The third-order valence-electron chi connectivity index (χ3n) is 3.87. The van der Waals surface area contributed by atoms with Crippen molar-refractivity contribution in [2.75, 3.05) is 7.05 Å². The molecule has 2 atom stereocenters. The predicted octanol–water partition coefficient (Wildman–Crippen LogP) is 2.95. The Bertz CT molecular complexity index is 858. The van der Waals surface area contributed by atoms with E-state index in [4.69, 9.17) is 9.15 Å². The molecule has 1 N–H and O–H groups in total. The molecule has 0 spiro atoms. The zero-order valence-electron chi connectivity index (χ0n) is 14.4. The minimum absolute atomic E-state index is 0.0224. The van der Waals surface area contributed by atoms with Gasteiger partial charge >= 0.3 is 0 Å². The van der Waals surface area contributed by atoms with Crippen LogP contribution in [-0.2, 0) is 6.54 Å². The highest BCUT2D eigenvalue weighted by atomic mass is 16.6. The molecule has 0 saturated carbocycles. The summed E-state index contributed by atoms with van der Waals surface area (Å²) in [6.07, 6.45) is -1.48. The number of likely N-dealkylation sites (N-methyl/N-ethyl adjacent to an activating group) is 1. The van der Waals surface area contributed by atoms with Gasteiger partial charge in [0, 0.05) is 12.1 Å². The molecule has 0 bridgehead atoms. The van der Waals surface area contributed by atoms with E-state index in [1.807, 2.05) is 24.3 Å². The number of oxazole rings is 1. The van der Waals surface area contributed by atoms with Gasteiger partial charge in [0.1, 0.15) is 17.4 Å². The Morgan fingerprint density at radius 2 is 1.96 bits per heavy atom. The molecular formula is C18H19N3O5. The second-order valence-electron chi connectivity index (χ2n) is 5.99. The zero-order valence-corrected chi connectivity index (χ0v) is 14.4. The van der Waals surface area contributed by atoms with E-state index >= 15 is 0 Å². The van der Waals surface area contributed by atoms with Crippen LogP contribution >= 0.6 is 0 Å². The van der Waals surface area contributed by atoms with Gasteiger partial charge in [0.05, 0.1) is 11.5 Å². The summed E-state index contributed by atoms with van der Waals surface area (Å²) >= 11 is 0. The Balaban J connectivity index is 1.72. The summed E-state index contributed by atoms with van der Waals surface area (Å²) < 4.78 is 11.5. The topological polar surface area (TPSA) is 102 Å². The standard InChI is InChI=1S/C18H19N3O5/c1-12(22)18(25-14-9-7-13(8-10-14)21(23)24)20(2)11-17-19-15-5-3-4-6-16(15)26-17/h3-10,12,18,22H,11H2,1-2H3. The number of nitrogens with zero attached hydrogens (tertiary/aromatic N) is 3. The molecule has 0 aliphatic carbocycles. The molecule has 3 rings (SSSR count). The Hall–Kier alpha value is -2.97. The van der Waals surface area contributed by atoms with Crippen LogP contribution in [0, 0.1) is 10.1 Å². The molecule has 0 aliphatic rings. The molecule has 8 nitrogen and oxygen atoms in total. The fourth-order valence-electron chi connectivity index (χ4n) is 2.63. The number of hydrogen-bond donors (Lipinski definition) is 1. The van der Waals surface area contributed by atoms with Crippen molar-refractivity contribution in [3.63, 3.8) is 0 Å². The van der Waals surface area contributed by atoms with Crippen LogP contribution in [0.4, 0.5) is 5.69 Å². The maximum absolute atomic E-state index is 10.7. The van der Waals surface area contributed by atoms with Crippen LogP contribution in [0.1, 0.15) is 12.8 Å². The van der Waals surface area contributed by atoms with Crippen molar-refractivity contribution in [2.45, 2.75) is 25.8 Å². The maximum atomic E-state index is 10.7. The number of rotatable bonds is 7. The van der Waals surface area contributed by atoms with Crippen LogP contribution in [0.3, 0.4) is 0 Å². The minimum Gasteiger partial charge on any atom is -0.472 e. The summed E-state index contributed by atoms with van der Waals surface area (Å²) in [5, 5.41) is 20.8. The van der Waals surface area contributed by atoms with Gasteiger partial charge in [0.15, 0.2) is 11.8 Å². The fraction of sp³-hybridized carbons (Fsp3) is 0.278. The molecular weight excluding hydrogens is 338 g/mol. The molecule has 1 heterocycles. The number of nitro groups is 1.